The van der Waals surface area contributed by atoms with Crippen molar-refractivity contribution in [2.75, 3.05) is 17.2 Å². The summed E-state index contributed by atoms with van der Waals surface area (Å²) in [5.74, 6) is 0.0175. The number of nitrogens with zero attached hydrogens (tertiary/aromatic N) is 3. The maximum atomic E-state index is 13.2. The fraction of sp³-hybridized carbons (Fsp3) is 0.333. The number of nitro groups is 1. The van der Waals surface area contributed by atoms with Gasteiger partial charge in [-0.2, -0.15) is 0 Å². The average Bonchev–Trinajstić information content (AvgIpc) is 2.50. The van der Waals surface area contributed by atoms with Crippen LogP contribution in [0.4, 0.5) is 27.4 Å². The van der Waals surface area contributed by atoms with Crippen LogP contribution in [0.15, 0.2) is 24.5 Å². The minimum Gasteiger partial charge on any atom is -0.364 e. The number of rotatable bonds is 7. The highest BCUT2D eigenvalue weighted by Crippen LogP contribution is 2.32. The molecule has 2 aromatic rings. The van der Waals surface area contributed by atoms with Crippen LogP contribution in [0.25, 0.3) is 0 Å². The van der Waals surface area contributed by atoms with Gasteiger partial charge in [0, 0.05) is 12.2 Å². The second-order valence-electron chi connectivity index (χ2n) is 5.54. The first-order valence-electron chi connectivity index (χ1n) is 7.33. The first-order valence-corrected chi connectivity index (χ1v) is 7.71. The molecule has 0 aliphatic heterocycles. The highest BCUT2D eigenvalue weighted by Gasteiger charge is 2.23. The Balaban J connectivity index is 2.28. The molecule has 0 radical (unpaired) electrons. The van der Waals surface area contributed by atoms with Crippen molar-refractivity contribution < 1.29 is 9.31 Å². The van der Waals surface area contributed by atoms with E-state index in [4.69, 9.17) is 11.6 Å². The van der Waals surface area contributed by atoms with Crippen molar-refractivity contribution in [3.63, 3.8) is 0 Å². The highest BCUT2D eigenvalue weighted by molar-refractivity contribution is 6.31. The van der Waals surface area contributed by atoms with Gasteiger partial charge in [-0.25, -0.2) is 14.4 Å². The van der Waals surface area contributed by atoms with E-state index < -0.39 is 10.7 Å². The van der Waals surface area contributed by atoms with Gasteiger partial charge < -0.3 is 10.6 Å². The fourth-order valence-electron chi connectivity index (χ4n) is 1.96. The summed E-state index contributed by atoms with van der Waals surface area (Å²) >= 11 is 5.72. The molecule has 2 rings (SSSR count). The van der Waals surface area contributed by atoms with Crippen molar-refractivity contribution in [2.24, 2.45) is 5.92 Å². The van der Waals surface area contributed by atoms with Gasteiger partial charge in [0.15, 0.2) is 0 Å². The lowest BCUT2D eigenvalue weighted by Crippen LogP contribution is -2.10. The number of anilines is 3. The second-order valence-corrected chi connectivity index (χ2v) is 5.95. The second kappa shape index (κ2) is 7.87. The van der Waals surface area contributed by atoms with Gasteiger partial charge >= 0.3 is 5.69 Å². The SMILES string of the molecule is CC(C)CCNc1ncnc(Nc2ccc(F)c(Cl)c2)c1[N+](=O)[O-]. The van der Waals surface area contributed by atoms with Gasteiger partial charge in [0.2, 0.25) is 11.6 Å². The summed E-state index contributed by atoms with van der Waals surface area (Å²) in [6.07, 6.45) is 2.07. The average molecular weight is 354 g/mol. The molecule has 1 heterocycles. The Bertz CT molecular complexity index is 742. The number of nitrogens with one attached hydrogen (secondary N) is 2. The van der Waals surface area contributed by atoms with Crippen molar-refractivity contribution in [3.05, 3.63) is 45.5 Å². The lowest BCUT2D eigenvalue weighted by atomic mass is 10.1. The number of aromatic nitrogens is 2. The Morgan fingerprint density at radius 1 is 1.33 bits per heavy atom. The maximum absolute atomic E-state index is 13.2. The van der Waals surface area contributed by atoms with E-state index in [1.54, 1.807) is 0 Å². The summed E-state index contributed by atoms with van der Waals surface area (Å²) in [5, 5.41) is 17.1. The van der Waals surface area contributed by atoms with E-state index in [1.807, 2.05) is 0 Å². The Kier molecular flexibility index (Phi) is 5.86. The quantitative estimate of drug-likeness (QED) is 0.566. The van der Waals surface area contributed by atoms with Crippen LogP contribution in [0.3, 0.4) is 0 Å². The van der Waals surface area contributed by atoms with Crippen molar-refractivity contribution >= 4 is 34.6 Å². The van der Waals surface area contributed by atoms with Crippen LogP contribution in [-0.2, 0) is 0 Å². The summed E-state index contributed by atoms with van der Waals surface area (Å²) in [7, 11) is 0. The molecule has 24 heavy (non-hydrogen) atoms. The molecule has 2 N–H and O–H groups in total. The van der Waals surface area contributed by atoms with Crippen molar-refractivity contribution in [2.45, 2.75) is 20.3 Å². The molecule has 0 aliphatic carbocycles. The molecule has 0 saturated carbocycles. The van der Waals surface area contributed by atoms with Gasteiger partial charge in [-0.15, -0.1) is 0 Å². The maximum Gasteiger partial charge on any atom is 0.353 e. The third-order valence-electron chi connectivity index (χ3n) is 3.20. The molecule has 0 atom stereocenters. The molecule has 1 aromatic carbocycles. The van der Waals surface area contributed by atoms with E-state index in [1.165, 1.54) is 24.5 Å². The summed E-state index contributed by atoms with van der Waals surface area (Å²) < 4.78 is 13.2. The topological polar surface area (TPSA) is 93.0 Å². The zero-order valence-corrected chi connectivity index (χ0v) is 14.0. The van der Waals surface area contributed by atoms with Crippen LogP contribution >= 0.6 is 11.6 Å². The standard InChI is InChI=1S/C15H17ClFN5O2/c1-9(2)5-6-18-14-13(22(23)24)15(20-8-19-14)21-10-3-4-12(17)11(16)7-10/h3-4,7-9H,5-6H2,1-2H3,(H2,18,19,20,21). The Morgan fingerprint density at radius 3 is 2.67 bits per heavy atom. The molecule has 128 valence electrons. The zero-order valence-electron chi connectivity index (χ0n) is 13.2. The minimum atomic E-state index is -0.574. The van der Waals surface area contributed by atoms with Crippen LogP contribution < -0.4 is 10.6 Å². The first-order chi connectivity index (χ1) is 11.4. The van der Waals surface area contributed by atoms with E-state index in [2.05, 4.69) is 34.4 Å². The summed E-state index contributed by atoms with van der Waals surface area (Å²) in [6, 6.07) is 3.91. The number of hydrogen-bond acceptors (Lipinski definition) is 6. The molecule has 7 nitrogen and oxygen atoms in total. The van der Waals surface area contributed by atoms with Crippen molar-refractivity contribution in [1.82, 2.24) is 9.97 Å². The van der Waals surface area contributed by atoms with Gasteiger partial charge in [0.1, 0.15) is 12.1 Å². The van der Waals surface area contributed by atoms with Crippen molar-refractivity contribution in [3.8, 4) is 0 Å². The van der Waals surface area contributed by atoms with Gasteiger partial charge in [-0.3, -0.25) is 10.1 Å². The molecule has 0 bridgehead atoms. The molecule has 0 amide bonds. The fourth-order valence-corrected chi connectivity index (χ4v) is 2.14. The third kappa shape index (κ3) is 4.51. The predicted octanol–water partition coefficient (Wildman–Crippen LogP) is 4.38. The lowest BCUT2D eigenvalue weighted by Gasteiger charge is -2.11. The van der Waals surface area contributed by atoms with Crippen LogP contribution in [0.1, 0.15) is 20.3 Å². The normalized spacial score (nSPS) is 10.7. The molecule has 0 saturated heterocycles. The zero-order chi connectivity index (χ0) is 17.7. The molecule has 0 unspecified atom stereocenters. The molecular weight excluding hydrogens is 337 g/mol. The third-order valence-corrected chi connectivity index (χ3v) is 3.49. The van der Waals surface area contributed by atoms with Crippen LogP contribution in [-0.4, -0.2) is 21.4 Å². The van der Waals surface area contributed by atoms with E-state index in [0.717, 1.165) is 6.42 Å². The summed E-state index contributed by atoms with van der Waals surface area (Å²) in [6.45, 7) is 4.67. The van der Waals surface area contributed by atoms with Crippen molar-refractivity contribution in [1.29, 1.82) is 0 Å². The van der Waals surface area contributed by atoms with Gasteiger partial charge in [0.05, 0.1) is 9.95 Å². The Hall–Kier alpha value is -2.48. The lowest BCUT2D eigenvalue weighted by molar-refractivity contribution is -0.383. The smallest absolute Gasteiger partial charge is 0.353 e. The van der Waals surface area contributed by atoms with Gasteiger partial charge in [-0.05, 0) is 30.5 Å². The van der Waals surface area contributed by atoms with E-state index in [-0.39, 0.29) is 22.3 Å². The number of benzene rings is 1. The molecule has 0 spiro atoms. The van der Waals surface area contributed by atoms with E-state index in [0.29, 0.717) is 18.2 Å². The van der Waals surface area contributed by atoms with Gasteiger partial charge in [-0.1, -0.05) is 25.4 Å². The predicted molar refractivity (Wildman–Crippen MR) is 91.3 cm³/mol. The number of halogens is 2. The molecule has 0 aliphatic rings. The summed E-state index contributed by atoms with van der Waals surface area (Å²) in [5.41, 5.74) is 0.109. The van der Waals surface area contributed by atoms with Crippen LogP contribution in [0.2, 0.25) is 5.02 Å². The number of hydrogen-bond donors (Lipinski definition) is 2. The summed E-state index contributed by atoms with van der Waals surface area (Å²) in [4.78, 5) is 18.7. The monoisotopic (exact) mass is 353 g/mol. The molecule has 9 heteroatoms. The largest absolute Gasteiger partial charge is 0.364 e. The molecule has 1 aromatic heterocycles. The van der Waals surface area contributed by atoms with E-state index >= 15 is 0 Å². The Morgan fingerprint density at radius 2 is 2.04 bits per heavy atom. The minimum absolute atomic E-state index is 0.00437. The first kappa shape index (κ1) is 17.9. The Labute approximate surface area is 143 Å². The van der Waals surface area contributed by atoms with E-state index in [9.17, 15) is 14.5 Å². The van der Waals surface area contributed by atoms with Gasteiger partial charge in [0.25, 0.3) is 0 Å². The van der Waals surface area contributed by atoms with Crippen LogP contribution in [0, 0.1) is 21.8 Å². The van der Waals surface area contributed by atoms with Crippen LogP contribution in [0.5, 0.6) is 0 Å². The highest BCUT2D eigenvalue weighted by atomic mass is 35.5. The molecular formula is C15H17ClFN5O2. The molecule has 0 fully saturated rings.